The molecule has 1 rings (SSSR count). The molecular formula is C14H26N4OS. The summed E-state index contributed by atoms with van der Waals surface area (Å²) >= 11 is 1.75. The van der Waals surface area contributed by atoms with Crippen LogP contribution in [0.25, 0.3) is 0 Å². The zero-order chi connectivity index (χ0) is 14.8. The van der Waals surface area contributed by atoms with Crippen molar-refractivity contribution in [2.45, 2.75) is 39.8 Å². The van der Waals surface area contributed by atoms with Crippen LogP contribution in [-0.2, 0) is 11.3 Å². The van der Waals surface area contributed by atoms with E-state index in [2.05, 4.69) is 46.7 Å². The predicted octanol–water partition coefficient (Wildman–Crippen LogP) is 2.20. The van der Waals surface area contributed by atoms with Gasteiger partial charge in [-0.15, -0.1) is 11.3 Å². The van der Waals surface area contributed by atoms with Crippen LogP contribution in [0.5, 0.6) is 0 Å². The number of ether oxygens (including phenoxy) is 1. The first-order valence-electron chi connectivity index (χ1n) is 7.06. The van der Waals surface area contributed by atoms with Gasteiger partial charge in [-0.25, -0.2) is 5.84 Å². The molecule has 6 heteroatoms. The quantitative estimate of drug-likeness (QED) is 0.254. The van der Waals surface area contributed by atoms with Crippen molar-refractivity contribution < 1.29 is 4.74 Å². The summed E-state index contributed by atoms with van der Waals surface area (Å²) in [7, 11) is 0. The number of nitrogens with zero attached hydrogens (tertiary/aromatic N) is 2. The first-order valence-corrected chi connectivity index (χ1v) is 7.94. The zero-order valence-electron chi connectivity index (χ0n) is 12.6. The molecule has 0 saturated heterocycles. The summed E-state index contributed by atoms with van der Waals surface area (Å²) in [6.07, 6.45) is 0.907. The third-order valence-electron chi connectivity index (χ3n) is 2.84. The van der Waals surface area contributed by atoms with Crippen molar-refractivity contribution in [3.05, 3.63) is 22.4 Å². The molecule has 0 spiro atoms. The molecule has 0 radical (unpaired) electrons. The van der Waals surface area contributed by atoms with Crippen LogP contribution in [0.15, 0.2) is 22.5 Å². The second-order valence-corrected chi connectivity index (χ2v) is 5.73. The molecule has 0 atom stereocenters. The maximum atomic E-state index is 5.63. The number of thiophene rings is 1. The molecule has 0 fully saturated rings. The molecule has 5 nitrogen and oxygen atoms in total. The van der Waals surface area contributed by atoms with E-state index in [0.29, 0.717) is 12.6 Å². The van der Waals surface area contributed by atoms with Gasteiger partial charge < -0.3 is 9.64 Å². The smallest absolute Gasteiger partial charge is 0.208 e. The lowest BCUT2D eigenvalue weighted by Crippen LogP contribution is -2.47. The highest BCUT2D eigenvalue weighted by Crippen LogP contribution is 2.14. The highest BCUT2D eigenvalue weighted by molar-refractivity contribution is 7.09. The molecule has 114 valence electrons. The fourth-order valence-corrected chi connectivity index (χ4v) is 2.49. The van der Waals surface area contributed by atoms with E-state index < -0.39 is 0 Å². The molecule has 0 saturated carbocycles. The van der Waals surface area contributed by atoms with E-state index in [1.165, 1.54) is 4.88 Å². The molecule has 0 aromatic carbocycles. The van der Waals surface area contributed by atoms with E-state index in [9.17, 15) is 0 Å². The van der Waals surface area contributed by atoms with Crippen LogP contribution < -0.4 is 11.3 Å². The Balaban J connectivity index is 2.59. The van der Waals surface area contributed by atoms with Crippen molar-refractivity contribution in [1.29, 1.82) is 0 Å². The van der Waals surface area contributed by atoms with Crippen molar-refractivity contribution >= 4 is 17.3 Å². The standard InChI is InChI=1S/C14H26N4OS/c1-4-19-9-6-8-16-14(17-15)18(12(2)3)11-13-7-5-10-20-13/h5,7,10,12H,4,6,8-9,11,15H2,1-3H3,(H,16,17). The van der Waals surface area contributed by atoms with Gasteiger partial charge in [0.2, 0.25) is 5.96 Å². The summed E-state index contributed by atoms with van der Waals surface area (Å²) < 4.78 is 5.31. The van der Waals surface area contributed by atoms with Gasteiger partial charge in [0.1, 0.15) is 0 Å². The van der Waals surface area contributed by atoms with Crippen LogP contribution in [0.1, 0.15) is 32.1 Å². The van der Waals surface area contributed by atoms with Gasteiger partial charge in [-0.2, -0.15) is 0 Å². The Kier molecular flexibility index (Phi) is 8.25. The third kappa shape index (κ3) is 5.90. The molecule has 0 bridgehead atoms. The van der Waals surface area contributed by atoms with Gasteiger partial charge in [0.05, 0.1) is 6.54 Å². The largest absolute Gasteiger partial charge is 0.382 e. The van der Waals surface area contributed by atoms with Gasteiger partial charge in [0, 0.05) is 30.7 Å². The highest BCUT2D eigenvalue weighted by atomic mass is 32.1. The van der Waals surface area contributed by atoms with Gasteiger partial charge in [0.25, 0.3) is 0 Å². The Bertz CT molecular complexity index is 379. The predicted molar refractivity (Wildman–Crippen MR) is 85.7 cm³/mol. The molecule has 0 aliphatic carbocycles. The summed E-state index contributed by atoms with van der Waals surface area (Å²) in [5, 5.41) is 2.09. The van der Waals surface area contributed by atoms with Gasteiger partial charge >= 0.3 is 0 Å². The van der Waals surface area contributed by atoms with E-state index in [0.717, 1.165) is 32.1 Å². The van der Waals surface area contributed by atoms with Gasteiger partial charge in [-0.1, -0.05) is 6.07 Å². The SMILES string of the molecule is CCOCCCN=C(NN)N(Cc1cccs1)C(C)C. The summed E-state index contributed by atoms with van der Waals surface area (Å²) in [6, 6.07) is 4.52. The van der Waals surface area contributed by atoms with Gasteiger partial charge in [-0.05, 0) is 38.6 Å². The average Bonchev–Trinajstić information content (AvgIpc) is 2.94. The van der Waals surface area contributed by atoms with E-state index >= 15 is 0 Å². The average molecular weight is 298 g/mol. The Morgan fingerprint density at radius 2 is 2.35 bits per heavy atom. The summed E-state index contributed by atoms with van der Waals surface area (Å²) in [5.74, 6) is 6.37. The number of hydrogen-bond donors (Lipinski definition) is 2. The Morgan fingerprint density at radius 1 is 1.55 bits per heavy atom. The zero-order valence-corrected chi connectivity index (χ0v) is 13.4. The lowest BCUT2D eigenvalue weighted by atomic mass is 10.3. The van der Waals surface area contributed by atoms with Gasteiger partial charge in [-0.3, -0.25) is 10.4 Å². The fourth-order valence-electron chi connectivity index (χ4n) is 1.79. The van der Waals surface area contributed by atoms with Crippen LogP contribution >= 0.6 is 11.3 Å². The van der Waals surface area contributed by atoms with E-state index in [-0.39, 0.29) is 0 Å². The number of hydrogen-bond acceptors (Lipinski definition) is 4. The van der Waals surface area contributed by atoms with Crippen LogP contribution in [0.4, 0.5) is 0 Å². The molecule has 0 aliphatic heterocycles. The molecular weight excluding hydrogens is 272 g/mol. The van der Waals surface area contributed by atoms with Crippen LogP contribution in [0.3, 0.4) is 0 Å². The van der Waals surface area contributed by atoms with Crippen LogP contribution in [0.2, 0.25) is 0 Å². The lowest BCUT2D eigenvalue weighted by molar-refractivity contribution is 0.146. The molecule has 0 aliphatic rings. The Morgan fingerprint density at radius 3 is 2.90 bits per heavy atom. The van der Waals surface area contributed by atoms with Crippen molar-refractivity contribution in [3.8, 4) is 0 Å². The molecule has 0 unspecified atom stereocenters. The number of nitrogens with two attached hydrogens (primary N) is 1. The maximum Gasteiger partial charge on any atom is 0.208 e. The van der Waals surface area contributed by atoms with E-state index in [4.69, 9.17) is 10.6 Å². The van der Waals surface area contributed by atoms with E-state index in [1.807, 2.05) is 6.92 Å². The first kappa shape index (κ1) is 16.9. The maximum absolute atomic E-state index is 5.63. The number of guanidine groups is 1. The molecule has 1 heterocycles. The highest BCUT2D eigenvalue weighted by Gasteiger charge is 2.14. The van der Waals surface area contributed by atoms with Crippen molar-refractivity contribution in [2.24, 2.45) is 10.8 Å². The van der Waals surface area contributed by atoms with Crippen LogP contribution in [-0.4, -0.2) is 36.7 Å². The second kappa shape index (κ2) is 9.74. The normalized spacial score (nSPS) is 11.9. The van der Waals surface area contributed by atoms with E-state index in [1.54, 1.807) is 11.3 Å². The van der Waals surface area contributed by atoms with Crippen molar-refractivity contribution in [2.75, 3.05) is 19.8 Å². The Hall–Kier alpha value is -1.11. The lowest BCUT2D eigenvalue weighted by Gasteiger charge is -2.29. The number of aliphatic imine (C=N–C) groups is 1. The van der Waals surface area contributed by atoms with Crippen molar-refractivity contribution in [1.82, 2.24) is 10.3 Å². The topological polar surface area (TPSA) is 62.9 Å². The first-order chi connectivity index (χ1) is 9.69. The summed E-state index contributed by atoms with van der Waals surface area (Å²) in [5.41, 5.74) is 2.73. The second-order valence-electron chi connectivity index (χ2n) is 4.70. The number of rotatable bonds is 8. The van der Waals surface area contributed by atoms with Crippen LogP contribution in [0, 0.1) is 0 Å². The van der Waals surface area contributed by atoms with Crippen molar-refractivity contribution in [3.63, 3.8) is 0 Å². The third-order valence-corrected chi connectivity index (χ3v) is 3.70. The monoisotopic (exact) mass is 298 g/mol. The fraction of sp³-hybridized carbons (Fsp3) is 0.643. The minimum atomic E-state index is 0.332. The molecule has 3 N–H and O–H groups in total. The Labute approximate surface area is 125 Å². The number of hydrazine groups is 1. The molecule has 1 aromatic heterocycles. The molecule has 0 amide bonds. The number of nitrogens with one attached hydrogen (secondary N) is 1. The molecule has 1 aromatic rings. The minimum absolute atomic E-state index is 0.332. The summed E-state index contributed by atoms with van der Waals surface area (Å²) in [4.78, 5) is 8.02. The van der Waals surface area contributed by atoms with Gasteiger partial charge in [0.15, 0.2) is 0 Å². The molecule has 20 heavy (non-hydrogen) atoms. The minimum Gasteiger partial charge on any atom is -0.382 e. The summed E-state index contributed by atoms with van der Waals surface area (Å²) in [6.45, 7) is 9.31.